The van der Waals surface area contributed by atoms with Gasteiger partial charge in [0, 0.05) is 25.6 Å². The fraction of sp³-hybridized carbons (Fsp3) is 0.550. The molecule has 1 aromatic carbocycles. The van der Waals surface area contributed by atoms with Gasteiger partial charge in [0.2, 0.25) is 5.91 Å². The second kappa shape index (κ2) is 8.83. The first-order chi connectivity index (χ1) is 12.7. The van der Waals surface area contributed by atoms with E-state index in [1.54, 1.807) is 7.11 Å². The lowest BCUT2D eigenvalue weighted by Gasteiger charge is -2.32. The first-order valence-corrected chi connectivity index (χ1v) is 9.56. The summed E-state index contributed by atoms with van der Waals surface area (Å²) in [5.74, 6) is 1.60. The zero-order chi connectivity index (χ0) is 18.4. The van der Waals surface area contributed by atoms with Crippen LogP contribution in [0.5, 0.6) is 5.88 Å². The predicted molar refractivity (Wildman–Crippen MR) is 104 cm³/mol. The van der Waals surface area contributed by atoms with Crippen molar-refractivity contribution >= 4 is 22.8 Å². The maximum Gasteiger partial charge on any atom is 0.257 e. The largest absolute Gasteiger partial charge is 0.478 e. The number of methoxy groups -OCH3 is 1. The normalized spacial score (nSPS) is 15.2. The van der Waals surface area contributed by atoms with Gasteiger partial charge in [-0.1, -0.05) is 31.9 Å². The highest BCUT2D eigenvalue weighted by molar-refractivity contribution is 5.79. The zero-order valence-corrected chi connectivity index (χ0v) is 15.7. The maximum absolute atomic E-state index is 12.3. The number of para-hydroxylation sites is 2. The summed E-state index contributed by atoms with van der Waals surface area (Å²) >= 11 is 0. The van der Waals surface area contributed by atoms with E-state index in [-0.39, 0.29) is 11.8 Å². The Morgan fingerprint density at radius 2 is 1.88 bits per heavy atom. The van der Waals surface area contributed by atoms with Crippen molar-refractivity contribution < 1.29 is 9.53 Å². The molecule has 0 aliphatic carbocycles. The van der Waals surface area contributed by atoms with Crippen molar-refractivity contribution in [3.8, 4) is 5.88 Å². The molecule has 1 fully saturated rings. The van der Waals surface area contributed by atoms with Crippen molar-refractivity contribution in [2.24, 2.45) is 5.92 Å². The first kappa shape index (κ1) is 18.4. The number of carbonyl (C=O) groups excluding carboxylic acids is 1. The molecule has 1 aliphatic rings. The lowest BCUT2D eigenvalue weighted by Crippen LogP contribution is -2.41. The summed E-state index contributed by atoms with van der Waals surface area (Å²) in [5, 5.41) is 3.08. The lowest BCUT2D eigenvalue weighted by molar-refractivity contribution is -0.125. The number of hydrogen-bond donors (Lipinski definition) is 1. The van der Waals surface area contributed by atoms with Crippen LogP contribution in [0, 0.1) is 5.92 Å². The molecular weight excluding hydrogens is 328 g/mol. The van der Waals surface area contributed by atoms with Gasteiger partial charge in [-0.2, -0.15) is 0 Å². The Kier molecular flexibility index (Phi) is 6.26. The Labute approximate surface area is 155 Å². The molecule has 1 aliphatic heterocycles. The topological polar surface area (TPSA) is 67.4 Å². The molecule has 3 rings (SSSR count). The van der Waals surface area contributed by atoms with Gasteiger partial charge in [-0.25, -0.2) is 9.97 Å². The smallest absolute Gasteiger partial charge is 0.257 e. The number of fused-ring (bicyclic) bond motifs is 1. The number of anilines is 1. The van der Waals surface area contributed by atoms with E-state index in [0.717, 1.165) is 55.7 Å². The van der Waals surface area contributed by atoms with Crippen LogP contribution in [0.1, 0.15) is 39.0 Å². The van der Waals surface area contributed by atoms with Crippen molar-refractivity contribution in [1.82, 2.24) is 15.3 Å². The third-order valence-corrected chi connectivity index (χ3v) is 4.96. The Morgan fingerprint density at radius 1 is 1.19 bits per heavy atom. The van der Waals surface area contributed by atoms with Gasteiger partial charge < -0.3 is 15.0 Å². The summed E-state index contributed by atoms with van der Waals surface area (Å²) < 4.78 is 5.46. The number of carbonyl (C=O) groups is 1. The number of aromatic nitrogens is 2. The molecule has 1 N–H and O–H groups in total. The maximum atomic E-state index is 12.3. The zero-order valence-electron chi connectivity index (χ0n) is 15.7. The minimum atomic E-state index is 0.0901. The van der Waals surface area contributed by atoms with Crippen LogP contribution in [-0.2, 0) is 4.79 Å². The summed E-state index contributed by atoms with van der Waals surface area (Å²) in [5.41, 5.74) is 1.69. The number of hydrogen-bond acceptors (Lipinski definition) is 5. The standard InChI is InChI=1S/C20H28N4O2/c1-3-4-7-12-21-19(25)15-10-13-24(14-11-15)18-20(26-2)23-17-9-6-5-8-16(17)22-18/h5-6,8-9,15H,3-4,7,10-14H2,1-2H3,(H,21,25). The van der Waals surface area contributed by atoms with E-state index in [9.17, 15) is 4.79 Å². The Bertz CT molecular complexity index is 742. The average molecular weight is 356 g/mol. The van der Waals surface area contributed by atoms with Crippen LogP contribution in [0.2, 0.25) is 0 Å². The number of benzene rings is 1. The third kappa shape index (κ3) is 4.23. The molecule has 1 amide bonds. The molecule has 0 saturated carbocycles. The second-order valence-corrected chi connectivity index (χ2v) is 6.80. The van der Waals surface area contributed by atoms with Crippen LogP contribution >= 0.6 is 0 Å². The minimum Gasteiger partial charge on any atom is -0.478 e. The molecule has 6 nitrogen and oxygen atoms in total. The van der Waals surface area contributed by atoms with Gasteiger partial charge >= 0.3 is 0 Å². The van der Waals surface area contributed by atoms with Gasteiger partial charge in [0.05, 0.1) is 18.1 Å². The summed E-state index contributed by atoms with van der Waals surface area (Å²) in [6.07, 6.45) is 5.06. The van der Waals surface area contributed by atoms with Crippen LogP contribution < -0.4 is 15.0 Å². The van der Waals surface area contributed by atoms with E-state index in [1.807, 2.05) is 24.3 Å². The highest BCUT2D eigenvalue weighted by Crippen LogP contribution is 2.30. The molecule has 0 bridgehead atoms. The summed E-state index contributed by atoms with van der Waals surface area (Å²) in [7, 11) is 1.62. The molecule has 2 aromatic rings. The minimum absolute atomic E-state index is 0.0901. The fourth-order valence-electron chi connectivity index (χ4n) is 3.40. The van der Waals surface area contributed by atoms with E-state index in [2.05, 4.69) is 22.1 Å². The molecule has 140 valence electrons. The van der Waals surface area contributed by atoms with Crippen molar-refractivity contribution in [3.05, 3.63) is 24.3 Å². The van der Waals surface area contributed by atoms with E-state index < -0.39 is 0 Å². The molecule has 6 heteroatoms. The van der Waals surface area contributed by atoms with Gasteiger partial charge in [-0.15, -0.1) is 0 Å². The van der Waals surface area contributed by atoms with Crippen LogP contribution in [0.4, 0.5) is 5.82 Å². The lowest BCUT2D eigenvalue weighted by atomic mass is 9.96. The van der Waals surface area contributed by atoms with Gasteiger partial charge in [0.15, 0.2) is 5.82 Å². The van der Waals surface area contributed by atoms with Crippen molar-refractivity contribution in [1.29, 1.82) is 0 Å². The molecule has 1 saturated heterocycles. The van der Waals surface area contributed by atoms with Crippen LogP contribution in [-0.4, -0.2) is 42.6 Å². The van der Waals surface area contributed by atoms with Crippen molar-refractivity contribution in [2.75, 3.05) is 31.6 Å². The fourth-order valence-corrected chi connectivity index (χ4v) is 3.40. The summed E-state index contributed by atoms with van der Waals surface area (Å²) in [6, 6.07) is 7.80. The second-order valence-electron chi connectivity index (χ2n) is 6.80. The number of amides is 1. The number of rotatable bonds is 7. The molecule has 2 heterocycles. The molecule has 0 atom stereocenters. The first-order valence-electron chi connectivity index (χ1n) is 9.56. The van der Waals surface area contributed by atoms with Crippen LogP contribution in [0.25, 0.3) is 11.0 Å². The Balaban J connectivity index is 1.62. The van der Waals surface area contributed by atoms with Crippen molar-refractivity contribution in [2.45, 2.75) is 39.0 Å². The highest BCUT2D eigenvalue weighted by atomic mass is 16.5. The number of ether oxygens (including phenoxy) is 1. The number of nitrogens with zero attached hydrogens (tertiary/aromatic N) is 3. The molecule has 0 spiro atoms. The van der Waals surface area contributed by atoms with E-state index in [0.29, 0.717) is 5.88 Å². The van der Waals surface area contributed by atoms with Crippen LogP contribution in [0.15, 0.2) is 24.3 Å². The Hall–Kier alpha value is -2.37. The van der Waals surface area contributed by atoms with Gasteiger partial charge in [-0.05, 0) is 31.4 Å². The number of nitrogens with one attached hydrogen (secondary N) is 1. The number of unbranched alkanes of at least 4 members (excludes halogenated alkanes) is 2. The van der Waals surface area contributed by atoms with Gasteiger partial charge in [0.25, 0.3) is 5.88 Å². The third-order valence-electron chi connectivity index (χ3n) is 4.96. The van der Waals surface area contributed by atoms with Crippen molar-refractivity contribution in [3.63, 3.8) is 0 Å². The van der Waals surface area contributed by atoms with Crippen LogP contribution in [0.3, 0.4) is 0 Å². The van der Waals surface area contributed by atoms with Gasteiger partial charge in [0.1, 0.15) is 0 Å². The Morgan fingerprint density at radius 3 is 2.54 bits per heavy atom. The molecule has 0 radical (unpaired) electrons. The van der Waals surface area contributed by atoms with E-state index in [1.165, 1.54) is 12.8 Å². The predicted octanol–water partition coefficient (Wildman–Crippen LogP) is 3.16. The van der Waals surface area contributed by atoms with Gasteiger partial charge in [-0.3, -0.25) is 4.79 Å². The number of piperidine rings is 1. The summed E-state index contributed by atoms with van der Waals surface area (Å²) in [4.78, 5) is 23.8. The summed E-state index contributed by atoms with van der Waals surface area (Å²) in [6.45, 7) is 4.53. The van der Waals surface area contributed by atoms with E-state index >= 15 is 0 Å². The molecule has 1 aromatic heterocycles. The average Bonchev–Trinajstić information content (AvgIpc) is 2.70. The highest BCUT2D eigenvalue weighted by Gasteiger charge is 2.27. The SMILES string of the molecule is CCCCCNC(=O)C1CCN(c2nc3ccccc3nc2OC)CC1. The molecule has 0 unspecified atom stereocenters. The molecular formula is C20H28N4O2. The van der Waals surface area contributed by atoms with E-state index in [4.69, 9.17) is 9.72 Å². The molecule has 26 heavy (non-hydrogen) atoms. The monoisotopic (exact) mass is 356 g/mol. The quantitative estimate of drug-likeness (QED) is 0.772.